The lowest BCUT2D eigenvalue weighted by atomic mass is 10.1. The van der Waals surface area contributed by atoms with Crippen LogP contribution >= 0.6 is 0 Å². The van der Waals surface area contributed by atoms with Gasteiger partial charge in [-0.05, 0) is 30.5 Å². The predicted molar refractivity (Wildman–Crippen MR) is 52.7 cm³/mol. The summed E-state index contributed by atoms with van der Waals surface area (Å²) in [5.41, 5.74) is 2.85. The van der Waals surface area contributed by atoms with Gasteiger partial charge in [-0.25, -0.2) is 0 Å². The Hall–Kier alpha value is -0.980. The summed E-state index contributed by atoms with van der Waals surface area (Å²) in [4.78, 5) is 2.43. The van der Waals surface area contributed by atoms with E-state index in [1.54, 1.807) is 0 Å². The molecule has 1 aliphatic heterocycles. The molecule has 0 N–H and O–H groups in total. The second kappa shape index (κ2) is 3.18. The normalized spacial score (nSPS) is 15.9. The maximum atomic E-state index is 2.43. The van der Waals surface area contributed by atoms with E-state index in [9.17, 15) is 0 Å². The number of anilines is 1. The monoisotopic (exact) mass is 161 g/mol. The summed E-state index contributed by atoms with van der Waals surface area (Å²) in [5.74, 6) is 0. The third kappa shape index (κ3) is 1.31. The lowest BCUT2D eigenvalue weighted by Gasteiger charge is -2.33. The summed E-state index contributed by atoms with van der Waals surface area (Å²) < 4.78 is 0. The van der Waals surface area contributed by atoms with Crippen LogP contribution < -0.4 is 4.90 Å². The molecule has 1 aromatic rings. The van der Waals surface area contributed by atoms with Gasteiger partial charge in [0.15, 0.2) is 0 Å². The van der Waals surface area contributed by atoms with Crippen molar-refractivity contribution in [2.24, 2.45) is 0 Å². The number of hydrogen-bond donors (Lipinski definition) is 0. The van der Waals surface area contributed by atoms with Crippen molar-refractivity contribution in [3.05, 3.63) is 29.8 Å². The molecule has 1 aliphatic rings. The van der Waals surface area contributed by atoms with Gasteiger partial charge in [0.2, 0.25) is 0 Å². The van der Waals surface area contributed by atoms with Gasteiger partial charge in [-0.1, -0.05) is 19.1 Å². The van der Waals surface area contributed by atoms with Gasteiger partial charge in [0.05, 0.1) is 0 Å². The molecular formula is C11H15N. The van der Waals surface area contributed by atoms with Gasteiger partial charge in [-0.2, -0.15) is 0 Å². The molecule has 1 fully saturated rings. The van der Waals surface area contributed by atoms with Crippen LogP contribution in [-0.2, 0) is 6.42 Å². The van der Waals surface area contributed by atoms with Crippen molar-refractivity contribution in [2.75, 3.05) is 18.0 Å². The maximum absolute atomic E-state index is 2.43. The zero-order valence-corrected chi connectivity index (χ0v) is 7.59. The minimum absolute atomic E-state index is 1.14. The van der Waals surface area contributed by atoms with Crippen LogP contribution in [0.2, 0.25) is 0 Å². The second-order valence-corrected chi connectivity index (χ2v) is 3.36. The SMILES string of the molecule is CCc1cccc(N2CCC2)c1. The molecule has 0 amide bonds. The van der Waals surface area contributed by atoms with Crippen LogP contribution in [0.5, 0.6) is 0 Å². The topological polar surface area (TPSA) is 3.24 Å². The fraction of sp³-hybridized carbons (Fsp3) is 0.455. The molecule has 1 aromatic carbocycles. The highest BCUT2D eigenvalue weighted by Crippen LogP contribution is 2.21. The van der Waals surface area contributed by atoms with E-state index in [-0.39, 0.29) is 0 Å². The molecule has 2 rings (SSSR count). The van der Waals surface area contributed by atoms with Gasteiger partial charge >= 0.3 is 0 Å². The van der Waals surface area contributed by atoms with Crippen LogP contribution in [0.4, 0.5) is 5.69 Å². The molecule has 1 heteroatoms. The molecule has 0 bridgehead atoms. The van der Waals surface area contributed by atoms with E-state index in [1.165, 1.54) is 30.8 Å². The van der Waals surface area contributed by atoms with Gasteiger partial charge in [0.1, 0.15) is 0 Å². The lowest BCUT2D eigenvalue weighted by Crippen LogP contribution is -2.36. The van der Waals surface area contributed by atoms with Crippen LogP contribution in [0, 0.1) is 0 Å². The van der Waals surface area contributed by atoms with Crippen LogP contribution in [0.3, 0.4) is 0 Å². The molecule has 1 nitrogen and oxygen atoms in total. The molecule has 0 aromatic heterocycles. The minimum Gasteiger partial charge on any atom is -0.371 e. The van der Waals surface area contributed by atoms with Crippen molar-refractivity contribution in [2.45, 2.75) is 19.8 Å². The highest BCUT2D eigenvalue weighted by molar-refractivity contribution is 5.50. The minimum atomic E-state index is 1.14. The summed E-state index contributed by atoms with van der Waals surface area (Å²) in [6, 6.07) is 8.87. The van der Waals surface area contributed by atoms with E-state index in [2.05, 4.69) is 36.1 Å². The van der Waals surface area contributed by atoms with Crippen molar-refractivity contribution < 1.29 is 0 Å². The average Bonchev–Trinajstić information content (AvgIpc) is 2.02. The Morgan fingerprint density at radius 2 is 2.17 bits per heavy atom. The van der Waals surface area contributed by atoms with Gasteiger partial charge in [0.25, 0.3) is 0 Å². The van der Waals surface area contributed by atoms with E-state index < -0.39 is 0 Å². The van der Waals surface area contributed by atoms with Gasteiger partial charge in [-0.15, -0.1) is 0 Å². The van der Waals surface area contributed by atoms with Crippen molar-refractivity contribution >= 4 is 5.69 Å². The Kier molecular flexibility index (Phi) is 2.03. The van der Waals surface area contributed by atoms with Gasteiger partial charge in [0, 0.05) is 18.8 Å². The Balaban J connectivity index is 2.19. The second-order valence-electron chi connectivity index (χ2n) is 3.36. The van der Waals surface area contributed by atoms with Crippen LogP contribution in [0.25, 0.3) is 0 Å². The Bertz CT molecular complexity index is 263. The van der Waals surface area contributed by atoms with Gasteiger partial charge < -0.3 is 4.90 Å². The highest BCUT2D eigenvalue weighted by Gasteiger charge is 2.13. The van der Waals surface area contributed by atoms with Crippen molar-refractivity contribution in [1.29, 1.82) is 0 Å². The lowest BCUT2D eigenvalue weighted by molar-refractivity contribution is 0.617. The first-order valence-electron chi connectivity index (χ1n) is 4.74. The third-order valence-corrected chi connectivity index (χ3v) is 2.54. The molecule has 1 heterocycles. The number of benzene rings is 1. The smallest absolute Gasteiger partial charge is 0.0368 e. The molecule has 0 atom stereocenters. The maximum Gasteiger partial charge on any atom is 0.0368 e. The fourth-order valence-corrected chi connectivity index (χ4v) is 1.55. The Morgan fingerprint density at radius 1 is 1.33 bits per heavy atom. The average molecular weight is 161 g/mol. The first kappa shape index (κ1) is 7.66. The molecule has 0 spiro atoms. The van der Waals surface area contributed by atoms with Crippen molar-refractivity contribution in [3.63, 3.8) is 0 Å². The summed E-state index contributed by atoms with van der Waals surface area (Å²) in [6.07, 6.45) is 2.50. The van der Waals surface area contributed by atoms with E-state index >= 15 is 0 Å². The molecule has 0 aliphatic carbocycles. The molecule has 1 saturated heterocycles. The molecule has 64 valence electrons. The summed E-state index contributed by atoms with van der Waals surface area (Å²) in [7, 11) is 0. The number of aryl methyl sites for hydroxylation is 1. The van der Waals surface area contributed by atoms with E-state index in [1.807, 2.05) is 0 Å². The summed E-state index contributed by atoms with van der Waals surface area (Å²) in [5, 5.41) is 0. The zero-order chi connectivity index (χ0) is 8.39. The highest BCUT2D eigenvalue weighted by atomic mass is 15.2. The van der Waals surface area contributed by atoms with Crippen molar-refractivity contribution in [1.82, 2.24) is 0 Å². The van der Waals surface area contributed by atoms with E-state index in [0.29, 0.717) is 0 Å². The largest absolute Gasteiger partial charge is 0.371 e. The van der Waals surface area contributed by atoms with E-state index in [4.69, 9.17) is 0 Å². The number of rotatable bonds is 2. The quantitative estimate of drug-likeness (QED) is 0.644. The zero-order valence-electron chi connectivity index (χ0n) is 7.59. The van der Waals surface area contributed by atoms with Crippen LogP contribution in [-0.4, -0.2) is 13.1 Å². The number of hydrogen-bond acceptors (Lipinski definition) is 1. The predicted octanol–water partition coefficient (Wildman–Crippen LogP) is 2.46. The first-order valence-corrected chi connectivity index (χ1v) is 4.74. The molecular weight excluding hydrogens is 146 g/mol. The first-order chi connectivity index (χ1) is 5.90. The molecule has 0 unspecified atom stereocenters. The molecule has 12 heavy (non-hydrogen) atoms. The van der Waals surface area contributed by atoms with E-state index in [0.717, 1.165) is 6.42 Å². The standard InChI is InChI=1S/C11H15N/c1-2-10-5-3-6-11(9-10)12-7-4-8-12/h3,5-6,9H,2,4,7-8H2,1H3. The van der Waals surface area contributed by atoms with Crippen molar-refractivity contribution in [3.8, 4) is 0 Å². The number of nitrogens with zero attached hydrogens (tertiary/aromatic N) is 1. The van der Waals surface area contributed by atoms with Crippen LogP contribution in [0.1, 0.15) is 18.9 Å². The summed E-state index contributed by atoms with van der Waals surface area (Å²) >= 11 is 0. The third-order valence-electron chi connectivity index (χ3n) is 2.54. The van der Waals surface area contributed by atoms with Gasteiger partial charge in [-0.3, -0.25) is 0 Å². The van der Waals surface area contributed by atoms with Crippen LogP contribution in [0.15, 0.2) is 24.3 Å². The fourth-order valence-electron chi connectivity index (χ4n) is 1.55. The Labute approximate surface area is 74.0 Å². The Morgan fingerprint density at radius 3 is 2.75 bits per heavy atom. The molecule has 0 radical (unpaired) electrons. The summed E-state index contributed by atoms with van der Waals surface area (Å²) in [6.45, 7) is 4.69. The molecule has 0 saturated carbocycles.